The molecule has 1 aromatic carbocycles. The number of fused-ring (bicyclic) bond motifs is 1. The number of amides is 1. The molecule has 2 aromatic rings. The summed E-state index contributed by atoms with van der Waals surface area (Å²) in [5.74, 6) is 0. The van der Waals surface area contributed by atoms with Crippen LogP contribution in [-0.2, 0) is 9.47 Å². The molecule has 0 unspecified atom stereocenters. The van der Waals surface area contributed by atoms with Gasteiger partial charge < -0.3 is 19.7 Å². The van der Waals surface area contributed by atoms with Gasteiger partial charge in [0, 0.05) is 36.4 Å². The van der Waals surface area contributed by atoms with E-state index >= 15 is 0 Å². The number of carbonyl (C=O) groups is 2. The van der Waals surface area contributed by atoms with Crippen LogP contribution in [0.15, 0.2) is 30.5 Å². The van der Waals surface area contributed by atoms with E-state index in [1.807, 2.05) is 65.8 Å². The van der Waals surface area contributed by atoms with Crippen molar-refractivity contribution in [2.75, 3.05) is 18.4 Å². The van der Waals surface area contributed by atoms with Gasteiger partial charge >= 0.3 is 12.2 Å². The van der Waals surface area contributed by atoms with Crippen LogP contribution in [0, 0.1) is 0 Å². The summed E-state index contributed by atoms with van der Waals surface area (Å²) in [6.45, 7) is 12.5. The van der Waals surface area contributed by atoms with Crippen LogP contribution in [0.5, 0.6) is 0 Å². The largest absolute Gasteiger partial charge is 0.444 e. The molecule has 1 amide bonds. The monoisotopic (exact) mass is 415 g/mol. The molecule has 1 aliphatic rings. The first-order valence-corrected chi connectivity index (χ1v) is 10.5. The predicted octanol–water partition coefficient (Wildman–Crippen LogP) is 5.24. The molecule has 1 saturated heterocycles. The molecule has 164 valence electrons. The van der Waals surface area contributed by atoms with Crippen LogP contribution in [0.25, 0.3) is 10.9 Å². The number of nitrogens with one attached hydrogen (secondary N) is 1. The highest BCUT2D eigenvalue weighted by atomic mass is 16.6. The molecule has 0 bridgehead atoms. The minimum atomic E-state index is -0.538. The Hall–Kier alpha value is -2.70. The number of hydrogen-bond donors (Lipinski definition) is 1. The van der Waals surface area contributed by atoms with Crippen molar-refractivity contribution < 1.29 is 19.1 Å². The Kier molecular flexibility index (Phi) is 6.01. The molecule has 7 heteroatoms. The minimum absolute atomic E-state index is 0.245. The van der Waals surface area contributed by atoms with E-state index in [1.54, 1.807) is 11.1 Å². The zero-order valence-corrected chi connectivity index (χ0v) is 18.8. The lowest BCUT2D eigenvalue weighted by molar-refractivity contribution is 0.0210. The van der Waals surface area contributed by atoms with E-state index in [2.05, 4.69) is 5.32 Å². The van der Waals surface area contributed by atoms with Gasteiger partial charge in [0.2, 0.25) is 0 Å². The maximum atomic E-state index is 12.4. The standard InChI is InChI=1S/C23H33N3O4/c1-22(2,3)29-20(27)25-12-10-17(11-13-25)24-18-7-8-19-16(15-18)9-14-26(19)21(28)30-23(4,5)6/h7-9,14-15,17,24H,10-13H2,1-6H3. The number of rotatable bonds is 2. The number of likely N-dealkylation sites (tertiary alicyclic amines) is 1. The molecule has 2 heterocycles. The molecule has 30 heavy (non-hydrogen) atoms. The first kappa shape index (κ1) is 22.0. The van der Waals surface area contributed by atoms with Gasteiger partial charge in [-0.15, -0.1) is 0 Å². The molecule has 0 spiro atoms. The van der Waals surface area contributed by atoms with Gasteiger partial charge in [0.05, 0.1) is 5.52 Å². The van der Waals surface area contributed by atoms with E-state index in [-0.39, 0.29) is 18.2 Å². The Morgan fingerprint density at radius 3 is 2.13 bits per heavy atom. The third kappa shape index (κ3) is 5.68. The zero-order chi connectivity index (χ0) is 22.1. The van der Waals surface area contributed by atoms with Crippen molar-refractivity contribution in [1.29, 1.82) is 0 Å². The number of ether oxygens (including phenoxy) is 2. The van der Waals surface area contributed by atoms with Crippen LogP contribution >= 0.6 is 0 Å². The molecule has 3 rings (SSSR count). The molecule has 0 radical (unpaired) electrons. The number of piperidine rings is 1. The van der Waals surface area contributed by atoms with Crippen molar-refractivity contribution in [3.8, 4) is 0 Å². The number of nitrogens with zero attached hydrogens (tertiary/aromatic N) is 2. The van der Waals surface area contributed by atoms with Gasteiger partial charge in [-0.2, -0.15) is 0 Å². The van der Waals surface area contributed by atoms with Gasteiger partial charge in [-0.1, -0.05) is 0 Å². The van der Waals surface area contributed by atoms with Crippen molar-refractivity contribution in [2.24, 2.45) is 0 Å². The van der Waals surface area contributed by atoms with E-state index < -0.39 is 11.2 Å². The summed E-state index contributed by atoms with van der Waals surface area (Å²) in [7, 11) is 0. The van der Waals surface area contributed by atoms with Gasteiger partial charge in [-0.3, -0.25) is 4.57 Å². The normalized spacial score (nSPS) is 15.9. The third-order valence-electron chi connectivity index (χ3n) is 4.80. The lowest BCUT2D eigenvalue weighted by atomic mass is 10.0. The van der Waals surface area contributed by atoms with Crippen molar-refractivity contribution in [3.05, 3.63) is 30.5 Å². The average Bonchev–Trinajstić information content (AvgIpc) is 3.03. The minimum Gasteiger partial charge on any atom is -0.444 e. The quantitative estimate of drug-likeness (QED) is 0.726. The van der Waals surface area contributed by atoms with Crippen LogP contribution in [0.3, 0.4) is 0 Å². The summed E-state index contributed by atoms with van der Waals surface area (Å²) in [5, 5.41) is 4.52. The second-order valence-corrected chi connectivity index (χ2v) is 9.83. The second kappa shape index (κ2) is 8.20. The molecule has 1 N–H and O–H groups in total. The zero-order valence-electron chi connectivity index (χ0n) is 18.8. The van der Waals surface area contributed by atoms with E-state index in [1.165, 1.54) is 4.57 Å². The lowest BCUT2D eigenvalue weighted by Gasteiger charge is -2.34. The van der Waals surface area contributed by atoms with Crippen LogP contribution in [-0.4, -0.2) is 52.0 Å². The van der Waals surface area contributed by atoms with Gasteiger partial charge in [0.25, 0.3) is 0 Å². The highest BCUT2D eigenvalue weighted by Gasteiger charge is 2.27. The maximum Gasteiger partial charge on any atom is 0.418 e. The Bertz CT molecular complexity index is 913. The molecule has 7 nitrogen and oxygen atoms in total. The van der Waals surface area contributed by atoms with E-state index in [0.29, 0.717) is 13.1 Å². The predicted molar refractivity (Wildman–Crippen MR) is 118 cm³/mol. The summed E-state index contributed by atoms with van der Waals surface area (Å²) >= 11 is 0. The summed E-state index contributed by atoms with van der Waals surface area (Å²) < 4.78 is 12.5. The molecule has 0 atom stereocenters. The highest BCUT2D eigenvalue weighted by molar-refractivity contribution is 5.91. The van der Waals surface area contributed by atoms with E-state index in [9.17, 15) is 9.59 Å². The first-order valence-electron chi connectivity index (χ1n) is 10.5. The van der Waals surface area contributed by atoms with Crippen molar-refractivity contribution in [1.82, 2.24) is 9.47 Å². The Balaban J connectivity index is 1.60. The van der Waals surface area contributed by atoms with Gasteiger partial charge in [0.15, 0.2) is 0 Å². The van der Waals surface area contributed by atoms with Crippen molar-refractivity contribution >= 4 is 28.8 Å². The molecule has 1 aliphatic heterocycles. The Morgan fingerprint density at radius 1 is 0.933 bits per heavy atom. The van der Waals surface area contributed by atoms with E-state index in [0.717, 1.165) is 29.4 Å². The van der Waals surface area contributed by atoms with Crippen LogP contribution in [0.1, 0.15) is 54.4 Å². The van der Waals surface area contributed by atoms with Gasteiger partial charge in [0.1, 0.15) is 11.2 Å². The average molecular weight is 416 g/mol. The number of aromatic nitrogens is 1. The van der Waals surface area contributed by atoms with Gasteiger partial charge in [-0.25, -0.2) is 9.59 Å². The summed E-state index contributed by atoms with van der Waals surface area (Å²) in [6, 6.07) is 8.14. The smallest absolute Gasteiger partial charge is 0.418 e. The Morgan fingerprint density at radius 2 is 1.53 bits per heavy atom. The molecular formula is C23H33N3O4. The maximum absolute atomic E-state index is 12.4. The molecular weight excluding hydrogens is 382 g/mol. The topological polar surface area (TPSA) is 72.8 Å². The first-order chi connectivity index (χ1) is 13.9. The molecule has 1 aromatic heterocycles. The summed E-state index contributed by atoms with van der Waals surface area (Å²) in [5.41, 5.74) is 0.801. The second-order valence-electron chi connectivity index (χ2n) is 9.83. The number of carbonyl (C=O) groups excluding carboxylic acids is 2. The summed E-state index contributed by atoms with van der Waals surface area (Å²) in [6.07, 6.45) is 2.83. The van der Waals surface area contributed by atoms with Crippen LogP contribution < -0.4 is 5.32 Å². The van der Waals surface area contributed by atoms with Gasteiger partial charge in [-0.05, 0) is 78.6 Å². The fourth-order valence-electron chi connectivity index (χ4n) is 3.47. The number of benzene rings is 1. The fraction of sp³-hybridized carbons (Fsp3) is 0.565. The SMILES string of the molecule is CC(C)(C)OC(=O)N1CCC(Nc2ccc3c(ccn3C(=O)OC(C)(C)C)c2)CC1. The third-order valence-corrected chi connectivity index (χ3v) is 4.80. The van der Waals surface area contributed by atoms with Crippen LogP contribution in [0.2, 0.25) is 0 Å². The van der Waals surface area contributed by atoms with Crippen molar-refractivity contribution in [3.63, 3.8) is 0 Å². The van der Waals surface area contributed by atoms with Crippen molar-refractivity contribution in [2.45, 2.75) is 71.6 Å². The fourth-order valence-corrected chi connectivity index (χ4v) is 3.47. The summed E-state index contributed by atoms with van der Waals surface area (Å²) in [4.78, 5) is 26.4. The molecule has 0 saturated carbocycles. The molecule has 0 aliphatic carbocycles. The lowest BCUT2D eigenvalue weighted by Crippen LogP contribution is -2.44. The number of hydrogen-bond acceptors (Lipinski definition) is 5. The van der Waals surface area contributed by atoms with E-state index in [4.69, 9.17) is 9.47 Å². The highest BCUT2D eigenvalue weighted by Crippen LogP contribution is 2.24. The molecule has 1 fully saturated rings. The van der Waals surface area contributed by atoms with Crippen LogP contribution in [0.4, 0.5) is 15.3 Å². The number of anilines is 1. The Labute approximate surface area is 178 Å².